The fourth-order valence-corrected chi connectivity index (χ4v) is 6.33. The highest BCUT2D eigenvalue weighted by molar-refractivity contribution is 5.76. The third-order valence-corrected chi connectivity index (χ3v) is 9.69. The number of carbonyl (C=O) groups is 1. The molecule has 0 spiro atoms. The van der Waals surface area contributed by atoms with E-state index in [2.05, 4.69) is 55.6 Å². The van der Waals surface area contributed by atoms with Crippen LogP contribution in [0.25, 0.3) is 0 Å². The zero-order valence-electron chi connectivity index (χ0n) is 32.6. The van der Waals surface area contributed by atoms with Crippen molar-refractivity contribution in [2.75, 3.05) is 6.61 Å². The summed E-state index contributed by atoms with van der Waals surface area (Å²) in [7, 11) is 0. The van der Waals surface area contributed by atoms with Crippen LogP contribution in [0.3, 0.4) is 0 Å². The summed E-state index contributed by atoms with van der Waals surface area (Å²) in [5.41, 5.74) is 0. The van der Waals surface area contributed by atoms with Crippen LogP contribution in [-0.4, -0.2) is 46.1 Å². The summed E-state index contributed by atoms with van der Waals surface area (Å²) in [6, 6.07) is -0.835. The van der Waals surface area contributed by atoms with Crippen LogP contribution in [0.5, 0.6) is 0 Å². The standard InChI is InChI=1S/C44H83NO4/c1-3-5-7-9-11-13-15-16-17-18-19-20-21-22-23-24-25-26-27-29-30-32-34-36-38-42(47)44(49)41(40-46)45-43(48)39-37-35-33-31-28-14-12-10-8-6-4-2/h10,12,25-26,30,32,41-42,44,46-47,49H,3-9,11,13-24,27-29,31,33-40H2,1-2H3,(H,45,48)/b12-10-,26-25+,32-30+. The van der Waals surface area contributed by atoms with Gasteiger partial charge in [0.25, 0.3) is 0 Å². The van der Waals surface area contributed by atoms with Crippen molar-refractivity contribution in [3.63, 3.8) is 0 Å². The smallest absolute Gasteiger partial charge is 0.220 e. The van der Waals surface area contributed by atoms with E-state index in [-0.39, 0.29) is 12.5 Å². The number of nitrogens with one attached hydrogen (secondary N) is 1. The molecule has 0 bridgehead atoms. The summed E-state index contributed by atoms with van der Waals surface area (Å²) in [6.07, 6.45) is 48.3. The lowest BCUT2D eigenvalue weighted by molar-refractivity contribution is -0.124. The molecule has 3 atom stereocenters. The maximum absolute atomic E-state index is 12.3. The molecule has 0 fully saturated rings. The Morgan fingerprint density at radius 2 is 0.857 bits per heavy atom. The predicted molar refractivity (Wildman–Crippen MR) is 213 cm³/mol. The van der Waals surface area contributed by atoms with Gasteiger partial charge in [-0.1, -0.05) is 172 Å². The van der Waals surface area contributed by atoms with Gasteiger partial charge in [0.15, 0.2) is 0 Å². The van der Waals surface area contributed by atoms with Gasteiger partial charge in [-0.25, -0.2) is 0 Å². The molecule has 0 rings (SSSR count). The summed E-state index contributed by atoms with van der Waals surface area (Å²) in [6.45, 7) is 4.11. The van der Waals surface area contributed by atoms with Crippen LogP contribution in [0.2, 0.25) is 0 Å². The number of hydrogen-bond acceptors (Lipinski definition) is 4. The van der Waals surface area contributed by atoms with Gasteiger partial charge in [0, 0.05) is 6.42 Å². The minimum Gasteiger partial charge on any atom is -0.394 e. The van der Waals surface area contributed by atoms with Gasteiger partial charge < -0.3 is 20.6 Å². The highest BCUT2D eigenvalue weighted by Gasteiger charge is 2.26. The molecule has 0 aromatic heterocycles. The van der Waals surface area contributed by atoms with E-state index in [0.717, 1.165) is 51.4 Å². The van der Waals surface area contributed by atoms with Gasteiger partial charge in [-0.15, -0.1) is 0 Å². The highest BCUT2D eigenvalue weighted by Crippen LogP contribution is 2.15. The van der Waals surface area contributed by atoms with E-state index in [1.54, 1.807) is 0 Å². The second kappa shape index (κ2) is 39.4. The van der Waals surface area contributed by atoms with Crippen molar-refractivity contribution in [2.45, 2.75) is 231 Å². The molecule has 0 aliphatic rings. The first-order valence-electron chi connectivity index (χ1n) is 21.3. The van der Waals surface area contributed by atoms with Crippen LogP contribution < -0.4 is 5.32 Å². The van der Waals surface area contributed by atoms with E-state index in [4.69, 9.17) is 0 Å². The molecule has 5 heteroatoms. The Bertz CT molecular complexity index is 764. The average Bonchev–Trinajstić information content (AvgIpc) is 3.10. The summed E-state index contributed by atoms with van der Waals surface area (Å²) in [4.78, 5) is 12.3. The fourth-order valence-electron chi connectivity index (χ4n) is 6.33. The van der Waals surface area contributed by atoms with Gasteiger partial charge in [0.2, 0.25) is 5.91 Å². The molecule has 1 amide bonds. The Morgan fingerprint density at radius 3 is 1.31 bits per heavy atom. The van der Waals surface area contributed by atoms with Gasteiger partial charge >= 0.3 is 0 Å². The maximum Gasteiger partial charge on any atom is 0.220 e. The number of aliphatic hydroxyl groups is 3. The Kier molecular flexibility index (Phi) is 38.2. The van der Waals surface area contributed by atoms with Gasteiger partial charge in [0.05, 0.1) is 18.8 Å². The SMILES string of the molecule is CCCC/C=C\CCCCCCCC(=O)NC(CO)C(O)C(O)CCC/C=C/CC/C=C/CCCCCCCCCCCCCCCCC. The molecule has 3 unspecified atom stereocenters. The first-order valence-corrected chi connectivity index (χ1v) is 21.3. The van der Waals surface area contributed by atoms with Crippen molar-refractivity contribution in [1.82, 2.24) is 5.32 Å². The first-order chi connectivity index (χ1) is 24.1. The molecule has 49 heavy (non-hydrogen) atoms. The van der Waals surface area contributed by atoms with Crippen molar-refractivity contribution < 1.29 is 20.1 Å². The van der Waals surface area contributed by atoms with Crippen molar-refractivity contribution in [3.8, 4) is 0 Å². The van der Waals surface area contributed by atoms with Crippen LogP contribution in [0.1, 0.15) is 213 Å². The van der Waals surface area contributed by atoms with Gasteiger partial charge in [-0.3, -0.25) is 4.79 Å². The van der Waals surface area contributed by atoms with E-state index in [1.165, 1.54) is 135 Å². The summed E-state index contributed by atoms with van der Waals surface area (Å²) < 4.78 is 0. The zero-order chi connectivity index (χ0) is 35.9. The highest BCUT2D eigenvalue weighted by atomic mass is 16.3. The number of hydrogen-bond donors (Lipinski definition) is 4. The number of carbonyl (C=O) groups excluding carboxylic acids is 1. The molecule has 4 N–H and O–H groups in total. The quantitative estimate of drug-likeness (QED) is 0.0384. The molecule has 0 aromatic rings. The van der Waals surface area contributed by atoms with Gasteiger partial charge in [-0.2, -0.15) is 0 Å². The summed E-state index contributed by atoms with van der Waals surface area (Å²) >= 11 is 0. The molecule has 0 aliphatic carbocycles. The second-order valence-corrected chi connectivity index (χ2v) is 14.5. The van der Waals surface area contributed by atoms with E-state index in [9.17, 15) is 20.1 Å². The largest absolute Gasteiger partial charge is 0.394 e. The minimum atomic E-state index is -1.17. The maximum atomic E-state index is 12.3. The molecule has 288 valence electrons. The lowest BCUT2D eigenvalue weighted by Crippen LogP contribution is -2.50. The zero-order valence-corrected chi connectivity index (χ0v) is 32.6. The number of unbranched alkanes of at least 4 members (excludes halogenated alkanes) is 24. The van der Waals surface area contributed by atoms with Crippen molar-refractivity contribution >= 4 is 5.91 Å². The summed E-state index contributed by atoms with van der Waals surface area (Å²) in [5.74, 6) is -0.170. The lowest BCUT2D eigenvalue weighted by atomic mass is 10.0. The van der Waals surface area contributed by atoms with Crippen molar-refractivity contribution in [2.24, 2.45) is 0 Å². The average molecular weight is 690 g/mol. The monoisotopic (exact) mass is 690 g/mol. The van der Waals surface area contributed by atoms with Crippen LogP contribution in [-0.2, 0) is 4.79 Å². The topological polar surface area (TPSA) is 89.8 Å². The molecule has 0 aliphatic heterocycles. The number of rotatable bonds is 38. The Morgan fingerprint density at radius 1 is 0.490 bits per heavy atom. The Balaban J connectivity index is 3.67. The second-order valence-electron chi connectivity index (χ2n) is 14.5. The van der Waals surface area contributed by atoms with Gasteiger partial charge in [-0.05, 0) is 70.6 Å². The van der Waals surface area contributed by atoms with E-state index >= 15 is 0 Å². The number of aliphatic hydroxyl groups excluding tert-OH is 3. The predicted octanol–water partition coefficient (Wildman–Crippen LogP) is 12.0. The Labute approximate surface area is 304 Å². The lowest BCUT2D eigenvalue weighted by Gasteiger charge is -2.26. The van der Waals surface area contributed by atoms with Crippen LogP contribution in [0.15, 0.2) is 36.5 Å². The van der Waals surface area contributed by atoms with E-state index in [0.29, 0.717) is 12.8 Å². The molecular weight excluding hydrogens is 606 g/mol. The normalized spacial score (nSPS) is 14.0. The Hall–Kier alpha value is -1.43. The number of allylic oxidation sites excluding steroid dienone is 6. The minimum absolute atomic E-state index is 0.170. The van der Waals surface area contributed by atoms with Crippen LogP contribution >= 0.6 is 0 Å². The fraction of sp³-hybridized carbons (Fsp3) is 0.841. The van der Waals surface area contributed by atoms with Gasteiger partial charge in [0.1, 0.15) is 6.10 Å². The molecule has 0 heterocycles. The first kappa shape index (κ1) is 47.6. The molecule has 0 radical (unpaired) electrons. The molecule has 0 aromatic carbocycles. The molecular formula is C44H83NO4. The summed E-state index contributed by atoms with van der Waals surface area (Å²) in [5, 5.41) is 33.4. The van der Waals surface area contributed by atoms with Crippen LogP contribution in [0.4, 0.5) is 0 Å². The third kappa shape index (κ3) is 34.8. The van der Waals surface area contributed by atoms with E-state index < -0.39 is 18.2 Å². The molecule has 0 saturated heterocycles. The van der Waals surface area contributed by atoms with Crippen LogP contribution in [0, 0.1) is 0 Å². The van der Waals surface area contributed by atoms with E-state index in [1.807, 2.05) is 0 Å². The third-order valence-electron chi connectivity index (χ3n) is 9.69. The van der Waals surface area contributed by atoms with Crippen molar-refractivity contribution in [3.05, 3.63) is 36.5 Å². The van der Waals surface area contributed by atoms with Crippen molar-refractivity contribution in [1.29, 1.82) is 0 Å². The molecule has 0 saturated carbocycles. The number of amides is 1. The molecule has 5 nitrogen and oxygen atoms in total.